The van der Waals surface area contributed by atoms with Gasteiger partial charge in [0.05, 0.1) is 7.11 Å². The highest BCUT2D eigenvalue weighted by atomic mass is 16.6. The summed E-state index contributed by atoms with van der Waals surface area (Å²) in [7, 11) is 1.53. The third-order valence-corrected chi connectivity index (χ3v) is 5.15. The van der Waals surface area contributed by atoms with E-state index in [0.29, 0.717) is 17.0 Å². The molecule has 0 aromatic heterocycles. The van der Waals surface area contributed by atoms with Crippen molar-refractivity contribution >= 4 is 23.6 Å². The quantitative estimate of drug-likeness (QED) is 0.340. The topological polar surface area (TPSA) is 117 Å². The summed E-state index contributed by atoms with van der Waals surface area (Å²) >= 11 is 0. The standard InChI is InChI=1S/C28H35N3O6/c1-8-31(26(34)23(17-18(2)3)30-27(35)37-28(4,5)6)24(19-9-13-21(32)14-10-19)25(33)29-20-11-15-22(36-7)16-12-20/h1,9-16,18,23-24,32H,17H2,2-7H3,(H,29,33)(H,30,35). The molecule has 198 valence electrons. The monoisotopic (exact) mass is 509 g/mol. The average Bonchev–Trinajstić information content (AvgIpc) is 2.81. The lowest BCUT2D eigenvalue weighted by molar-refractivity contribution is -0.137. The predicted octanol–water partition coefficient (Wildman–Crippen LogP) is 4.44. The van der Waals surface area contributed by atoms with Gasteiger partial charge in [-0.15, -0.1) is 0 Å². The van der Waals surface area contributed by atoms with Crippen LogP contribution in [0.15, 0.2) is 48.5 Å². The van der Waals surface area contributed by atoms with E-state index in [9.17, 15) is 19.5 Å². The number of methoxy groups -OCH3 is 1. The van der Waals surface area contributed by atoms with E-state index < -0.39 is 35.6 Å². The van der Waals surface area contributed by atoms with Gasteiger partial charge in [0, 0.05) is 11.7 Å². The van der Waals surface area contributed by atoms with E-state index in [1.54, 1.807) is 45.0 Å². The second kappa shape index (κ2) is 12.7. The Kier molecular flexibility index (Phi) is 9.95. The number of nitrogens with zero attached hydrogens (tertiary/aromatic N) is 1. The molecule has 0 fully saturated rings. The van der Waals surface area contributed by atoms with Crippen molar-refractivity contribution in [1.82, 2.24) is 10.2 Å². The van der Waals surface area contributed by atoms with Crippen LogP contribution in [0.1, 0.15) is 52.6 Å². The lowest BCUT2D eigenvalue weighted by atomic mass is 9.99. The van der Waals surface area contributed by atoms with Crippen LogP contribution in [0.3, 0.4) is 0 Å². The number of terminal acetylenes is 1. The fraction of sp³-hybridized carbons (Fsp3) is 0.393. The van der Waals surface area contributed by atoms with E-state index in [0.717, 1.165) is 4.90 Å². The molecule has 2 aromatic rings. The summed E-state index contributed by atoms with van der Waals surface area (Å²) in [5.41, 5.74) is 0.0639. The minimum Gasteiger partial charge on any atom is -0.508 e. The van der Waals surface area contributed by atoms with Gasteiger partial charge < -0.3 is 25.2 Å². The maximum atomic E-state index is 13.7. The highest BCUT2D eigenvalue weighted by Crippen LogP contribution is 2.27. The molecule has 2 atom stereocenters. The van der Waals surface area contributed by atoms with Crippen LogP contribution in [0.5, 0.6) is 11.5 Å². The summed E-state index contributed by atoms with van der Waals surface area (Å²) in [6, 6.07) is 12.5. The molecular formula is C28H35N3O6. The molecular weight excluding hydrogens is 474 g/mol. The summed E-state index contributed by atoms with van der Waals surface area (Å²) in [5, 5.41) is 15.1. The Morgan fingerprint density at radius 3 is 2.14 bits per heavy atom. The van der Waals surface area contributed by atoms with E-state index >= 15 is 0 Å². The Morgan fingerprint density at radius 1 is 1.05 bits per heavy atom. The molecule has 2 unspecified atom stereocenters. The molecule has 9 nitrogen and oxygen atoms in total. The van der Waals surface area contributed by atoms with Gasteiger partial charge in [0.15, 0.2) is 0 Å². The largest absolute Gasteiger partial charge is 0.508 e. The summed E-state index contributed by atoms with van der Waals surface area (Å²) < 4.78 is 10.5. The zero-order valence-corrected chi connectivity index (χ0v) is 22.1. The van der Waals surface area contributed by atoms with Crippen molar-refractivity contribution < 1.29 is 29.0 Å². The van der Waals surface area contributed by atoms with Crippen molar-refractivity contribution in [1.29, 1.82) is 0 Å². The number of benzene rings is 2. The first kappa shape index (κ1) is 29.0. The fourth-order valence-electron chi connectivity index (χ4n) is 3.54. The van der Waals surface area contributed by atoms with Crippen LogP contribution in [-0.4, -0.2) is 46.7 Å². The molecule has 2 rings (SSSR count). The number of hydrogen-bond donors (Lipinski definition) is 3. The van der Waals surface area contributed by atoms with Crippen LogP contribution in [0.4, 0.5) is 10.5 Å². The summed E-state index contributed by atoms with van der Waals surface area (Å²) in [6.07, 6.45) is 5.27. The number of alkyl carbamates (subject to hydrolysis) is 1. The first-order chi connectivity index (χ1) is 17.3. The predicted molar refractivity (Wildman–Crippen MR) is 141 cm³/mol. The molecule has 0 saturated carbocycles. The molecule has 0 aliphatic rings. The molecule has 3 amide bonds. The molecule has 0 aliphatic heterocycles. The van der Waals surface area contributed by atoms with Gasteiger partial charge in [-0.3, -0.25) is 14.5 Å². The van der Waals surface area contributed by atoms with Crippen molar-refractivity contribution in [3.63, 3.8) is 0 Å². The van der Waals surface area contributed by atoms with E-state index in [-0.39, 0.29) is 18.1 Å². The number of amides is 3. The first-order valence-corrected chi connectivity index (χ1v) is 11.9. The molecule has 0 radical (unpaired) electrons. The normalized spacial score (nSPS) is 12.6. The maximum absolute atomic E-state index is 13.7. The second-order valence-electron chi connectivity index (χ2n) is 9.88. The van der Waals surface area contributed by atoms with Gasteiger partial charge in [-0.2, -0.15) is 0 Å². The summed E-state index contributed by atoms with van der Waals surface area (Å²) in [6.45, 7) is 8.92. The Morgan fingerprint density at radius 2 is 1.65 bits per heavy atom. The highest BCUT2D eigenvalue weighted by molar-refractivity contribution is 5.99. The number of carbonyl (C=O) groups excluding carboxylic acids is 3. The lowest BCUT2D eigenvalue weighted by Gasteiger charge is -2.31. The van der Waals surface area contributed by atoms with Gasteiger partial charge in [-0.05, 0) is 75.1 Å². The lowest BCUT2D eigenvalue weighted by Crippen LogP contribution is -2.51. The Balaban J connectivity index is 2.43. The molecule has 0 heterocycles. The number of rotatable bonds is 9. The molecule has 0 saturated heterocycles. The Hall–Kier alpha value is -4.19. The van der Waals surface area contributed by atoms with Gasteiger partial charge in [0.25, 0.3) is 11.8 Å². The summed E-state index contributed by atoms with van der Waals surface area (Å²) in [5.74, 6) is -0.615. The highest BCUT2D eigenvalue weighted by Gasteiger charge is 2.36. The van der Waals surface area contributed by atoms with Gasteiger partial charge in [-0.1, -0.05) is 32.4 Å². The molecule has 2 aromatic carbocycles. The molecule has 0 bridgehead atoms. The smallest absolute Gasteiger partial charge is 0.408 e. The average molecular weight is 510 g/mol. The molecule has 3 N–H and O–H groups in total. The number of nitrogens with one attached hydrogen (secondary N) is 2. The minimum absolute atomic E-state index is 0.0130. The number of phenols is 1. The van der Waals surface area contributed by atoms with Gasteiger partial charge >= 0.3 is 6.09 Å². The van der Waals surface area contributed by atoms with Crippen LogP contribution in [0, 0.1) is 18.4 Å². The zero-order chi connectivity index (χ0) is 27.8. The number of carbonyl (C=O) groups is 3. The minimum atomic E-state index is -1.25. The SMILES string of the molecule is C#CN(C(=O)C(CC(C)C)NC(=O)OC(C)(C)C)C(C(=O)Nc1ccc(OC)cc1)c1ccc(O)cc1. The Bertz CT molecular complexity index is 1110. The maximum Gasteiger partial charge on any atom is 0.408 e. The number of anilines is 1. The van der Waals surface area contributed by atoms with Crippen LogP contribution in [0.25, 0.3) is 0 Å². The zero-order valence-electron chi connectivity index (χ0n) is 22.1. The van der Waals surface area contributed by atoms with Crippen LogP contribution < -0.4 is 15.4 Å². The number of hydrogen-bond acceptors (Lipinski definition) is 6. The molecule has 0 spiro atoms. The molecule has 0 aliphatic carbocycles. The van der Waals surface area contributed by atoms with Crippen molar-refractivity contribution in [2.75, 3.05) is 12.4 Å². The van der Waals surface area contributed by atoms with Crippen molar-refractivity contribution in [3.05, 3.63) is 54.1 Å². The Labute approximate surface area is 218 Å². The van der Waals surface area contributed by atoms with Crippen LogP contribution >= 0.6 is 0 Å². The van der Waals surface area contributed by atoms with E-state index in [4.69, 9.17) is 15.9 Å². The summed E-state index contributed by atoms with van der Waals surface area (Å²) in [4.78, 5) is 40.7. The third-order valence-electron chi connectivity index (χ3n) is 5.15. The molecule has 37 heavy (non-hydrogen) atoms. The van der Waals surface area contributed by atoms with Crippen LogP contribution in [-0.2, 0) is 14.3 Å². The molecule has 9 heteroatoms. The van der Waals surface area contributed by atoms with E-state index in [1.807, 2.05) is 13.8 Å². The van der Waals surface area contributed by atoms with Crippen molar-refractivity contribution in [2.24, 2.45) is 5.92 Å². The van der Waals surface area contributed by atoms with Gasteiger partial charge in [0.2, 0.25) is 0 Å². The number of ether oxygens (including phenoxy) is 2. The van der Waals surface area contributed by atoms with Crippen molar-refractivity contribution in [3.8, 4) is 24.0 Å². The van der Waals surface area contributed by atoms with E-state index in [1.165, 1.54) is 31.4 Å². The van der Waals surface area contributed by atoms with E-state index in [2.05, 4.69) is 16.7 Å². The second-order valence-corrected chi connectivity index (χ2v) is 9.88. The van der Waals surface area contributed by atoms with Crippen LogP contribution in [0.2, 0.25) is 0 Å². The number of phenolic OH excluding ortho intramolecular Hbond substituents is 1. The first-order valence-electron chi connectivity index (χ1n) is 11.9. The third kappa shape index (κ3) is 8.76. The van der Waals surface area contributed by atoms with Crippen molar-refractivity contribution in [2.45, 2.75) is 58.7 Å². The number of aromatic hydroxyl groups is 1. The van der Waals surface area contributed by atoms with Gasteiger partial charge in [-0.25, -0.2) is 4.79 Å². The van der Waals surface area contributed by atoms with Gasteiger partial charge in [0.1, 0.15) is 29.2 Å². The fourth-order valence-corrected chi connectivity index (χ4v) is 3.54.